The van der Waals surface area contributed by atoms with Crippen LogP contribution >= 0.6 is 12.2 Å². The zero-order valence-corrected chi connectivity index (χ0v) is 12.5. The molecular formula is C13H15F2N3OS. The lowest BCUT2D eigenvalue weighted by molar-refractivity contribution is -0.0553. The summed E-state index contributed by atoms with van der Waals surface area (Å²) in [5.41, 5.74) is 3.30. The Kier molecular flexibility index (Phi) is 3.89. The van der Waals surface area contributed by atoms with Gasteiger partial charge >= 0.3 is 6.61 Å². The number of aryl methyl sites for hydroxylation is 3. The second-order valence-electron chi connectivity index (χ2n) is 4.59. The van der Waals surface area contributed by atoms with E-state index in [1.165, 1.54) is 10.7 Å². The first-order valence-corrected chi connectivity index (χ1v) is 6.38. The molecule has 0 spiro atoms. The third-order valence-electron chi connectivity index (χ3n) is 3.07. The number of hydrogen-bond acceptors (Lipinski definition) is 3. The SMILES string of the molecule is Cc1cc(C)c(=S)n(C)c1-c1cc(OC(F)F)n(C)n1. The summed E-state index contributed by atoms with van der Waals surface area (Å²) in [6.45, 7) is 0.989. The van der Waals surface area contributed by atoms with E-state index in [-0.39, 0.29) is 5.88 Å². The Bertz CT molecular complexity index is 706. The van der Waals surface area contributed by atoms with Crippen molar-refractivity contribution in [1.29, 1.82) is 0 Å². The molecule has 0 saturated carbocycles. The molecule has 2 aromatic rings. The van der Waals surface area contributed by atoms with Gasteiger partial charge in [-0.2, -0.15) is 13.9 Å². The fraction of sp³-hybridized carbons (Fsp3) is 0.385. The van der Waals surface area contributed by atoms with Crippen molar-refractivity contribution in [2.24, 2.45) is 14.1 Å². The molecule has 7 heteroatoms. The second-order valence-corrected chi connectivity index (χ2v) is 4.98. The van der Waals surface area contributed by atoms with E-state index in [1.54, 1.807) is 7.05 Å². The van der Waals surface area contributed by atoms with Gasteiger partial charge in [0.25, 0.3) is 0 Å². The van der Waals surface area contributed by atoms with Crippen LogP contribution in [0.1, 0.15) is 11.1 Å². The summed E-state index contributed by atoms with van der Waals surface area (Å²) < 4.78 is 32.8. The molecule has 0 fully saturated rings. The third-order valence-corrected chi connectivity index (χ3v) is 3.67. The summed E-state index contributed by atoms with van der Waals surface area (Å²) in [6.07, 6.45) is 0. The molecular weight excluding hydrogens is 284 g/mol. The topological polar surface area (TPSA) is 32.0 Å². The fourth-order valence-electron chi connectivity index (χ4n) is 2.23. The second kappa shape index (κ2) is 5.32. The minimum Gasteiger partial charge on any atom is -0.417 e. The first-order valence-electron chi connectivity index (χ1n) is 5.97. The fourth-order valence-corrected chi connectivity index (χ4v) is 2.38. The maximum atomic E-state index is 12.3. The molecule has 0 bridgehead atoms. The monoisotopic (exact) mass is 299 g/mol. The largest absolute Gasteiger partial charge is 0.417 e. The number of halogens is 2. The van der Waals surface area contributed by atoms with E-state index in [4.69, 9.17) is 12.2 Å². The Labute approximate surface area is 120 Å². The van der Waals surface area contributed by atoms with Gasteiger partial charge in [-0.05, 0) is 25.0 Å². The van der Waals surface area contributed by atoms with E-state index in [0.717, 1.165) is 16.8 Å². The van der Waals surface area contributed by atoms with Crippen LogP contribution < -0.4 is 4.74 Å². The van der Waals surface area contributed by atoms with E-state index >= 15 is 0 Å². The highest BCUT2D eigenvalue weighted by atomic mass is 32.1. The van der Waals surface area contributed by atoms with Gasteiger partial charge in [-0.1, -0.05) is 18.3 Å². The highest BCUT2D eigenvalue weighted by molar-refractivity contribution is 7.71. The van der Waals surface area contributed by atoms with Gasteiger partial charge < -0.3 is 9.30 Å². The van der Waals surface area contributed by atoms with Gasteiger partial charge in [-0.15, -0.1) is 0 Å². The van der Waals surface area contributed by atoms with Crippen molar-refractivity contribution in [2.45, 2.75) is 20.5 Å². The van der Waals surface area contributed by atoms with Crippen LogP contribution in [0, 0.1) is 18.5 Å². The third kappa shape index (κ3) is 2.58. The van der Waals surface area contributed by atoms with E-state index in [9.17, 15) is 8.78 Å². The zero-order valence-electron chi connectivity index (χ0n) is 11.6. The number of rotatable bonds is 3. The Morgan fingerprint density at radius 3 is 2.45 bits per heavy atom. The van der Waals surface area contributed by atoms with E-state index in [1.807, 2.05) is 31.5 Å². The number of ether oxygens (including phenoxy) is 1. The Balaban J connectivity index is 2.58. The lowest BCUT2D eigenvalue weighted by Gasteiger charge is -2.12. The molecule has 0 N–H and O–H groups in total. The molecule has 20 heavy (non-hydrogen) atoms. The van der Waals surface area contributed by atoms with Crippen molar-refractivity contribution < 1.29 is 13.5 Å². The van der Waals surface area contributed by atoms with E-state index < -0.39 is 6.61 Å². The molecule has 0 saturated heterocycles. The zero-order chi connectivity index (χ0) is 15.0. The summed E-state index contributed by atoms with van der Waals surface area (Å²) in [6, 6.07) is 3.44. The normalized spacial score (nSPS) is 11.2. The van der Waals surface area contributed by atoms with Crippen molar-refractivity contribution in [2.75, 3.05) is 0 Å². The quantitative estimate of drug-likeness (QED) is 0.814. The van der Waals surface area contributed by atoms with Gasteiger partial charge in [0, 0.05) is 20.2 Å². The number of aromatic nitrogens is 3. The number of alkyl halides is 2. The van der Waals surface area contributed by atoms with Crippen LogP contribution in [0.3, 0.4) is 0 Å². The molecule has 0 aliphatic carbocycles. The predicted molar refractivity (Wildman–Crippen MR) is 74.6 cm³/mol. The van der Waals surface area contributed by atoms with Gasteiger partial charge in [-0.25, -0.2) is 4.68 Å². The average molecular weight is 299 g/mol. The molecule has 0 aliphatic heterocycles. The lowest BCUT2D eigenvalue weighted by Crippen LogP contribution is -2.06. The van der Waals surface area contributed by atoms with Crippen LogP contribution in [-0.2, 0) is 14.1 Å². The molecule has 0 aliphatic rings. The van der Waals surface area contributed by atoms with Crippen LogP contribution in [0.25, 0.3) is 11.4 Å². The van der Waals surface area contributed by atoms with Crippen LogP contribution in [0.4, 0.5) is 8.78 Å². The predicted octanol–water partition coefficient (Wildman–Crippen LogP) is 3.37. The highest BCUT2D eigenvalue weighted by Crippen LogP contribution is 2.27. The van der Waals surface area contributed by atoms with E-state index in [2.05, 4.69) is 9.84 Å². The van der Waals surface area contributed by atoms with Gasteiger partial charge in [0.2, 0.25) is 5.88 Å². The summed E-state index contributed by atoms with van der Waals surface area (Å²) in [5.74, 6) is 0.0147. The molecule has 4 nitrogen and oxygen atoms in total. The molecule has 2 heterocycles. The maximum Gasteiger partial charge on any atom is 0.388 e. The summed E-state index contributed by atoms with van der Waals surface area (Å²) in [5, 5.41) is 4.22. The van der Waals surface area contributed by atoms with Crippen molar-refractivity contribution in [3.63, 3.8) is 0 Å². The van der Waals surface area contributed by atoms with E-state index in [0.29, 0.717) is 10.3 Å². The molecule has 0 aromatic carbocycles. The van der Waals surface area contributed by atoms with Crippen molar-refractivity contribution in [3.05, 3.63) is 27.9 Å². The average Bonchev–Trinajstić information content (AvgIpc) is 2.67. The summed E-state index contributed by atoms with van der Waals surface area (Å²) >= 11 is 5.33. The first kappa shape index (κ1) is 14.6. The van der Waals surface area contributed by atoms with Crippen molar-refractivity contribution in [1.82, 2.24) is 14.3 Å². The molecule has 0 radical (unpaired) electrons. The molecule has 2 aromatic heterocycles. The lowest BCUT2D eigenvalue weighted by atomic mass is 10.1. The van der Waals surface area contributed by atoms with Crippen LogP contribution in [0.15, 0.2) is 12.1 Å². The van der Waals surface area contributed by atoms with Gasteiger partial charge in [0.05, 0.1) is 5.69 Å². The molecule has 2 rings (SSSR count). The summed E-state index contributed by atoms with van der Waals surface area (Å²) in [4.78, 5) is 0. The molecule has 108 valence electrons. The minimum atomic E-state index is -2.87. The van der Waals surface area contributed by atoms with Crippen LogP contribution in [0.5, 0.6) is 5.88 Å². The standard InChI is InChI=1S/C13H15F2N3OS/c1-7-5-8(2)12(20)17(3)11(7)9-6-10(18(4)16-9)19-13(14)15/h5-6,13H,1-4H3. The number of hydrogen-bond donors (Lipinski definition) is 0. The van der Waals surface area contributed by atoms with Gasteiger partial charge in [-0.3, -0.25) is 0 Å². The first-order chi connectivity index (χ1) is 9.31. The Hall–Kier alpha value is -1.76. The van der Waals surface area contributed by atoms with Gasteiger partial charge in [0.1, 0.15) is 10.3 Å². The van der Waals surface area contributed by atoms with Crippen LogP contribution in [0.2, 0.25) is 0 Å². The van der Waals surface area contributed by atoms with Gasteiger partial charge in [0.15, 0.2) is 0 Å². The molecule has 0 atom stereocenters. The Morgan fingerprint density at radius 2 is 1.85 bits per heavy atom. The van der Waals surface area contributed by atoms with Crippen molar-refractivity contribution in [3.8, 4) is 17.3 Å². The van der Waals surface area contributed by atoms with Crippen molar-refractivity contribution >= 4 is 12.2 Å². The summed E-state index contributed by atoms with van der Waals surface area (Å²) in [7, 11) is 3.39. The highest BCUT2D eigenvalue weighted by Gasteiger charge is 2.16. The molecule has 0 amide bonds. The Morgan fingerprint density at radius 1 is 1.20 bits per heavy atom. The molecule has 0 unspecified atom stereocenters. The number of pyridine rings is 1. The maximum absolute atomic E-state index is 12.3. The smallest absolute Gasteiger partial charge is 0.388 e. The minimum absolute atomic E-state index is 0.0147. The van der Waals surface area contributed by atoms with Crippen LogP contribution in [-0.4, -0.2) is 21.0 Å². The number of nitrogens with zero attached hydrogens (tertiary/aromatic N) is 3.